The number of halogens is 2. The first kappa shape index (κ1) is 22.3. The zero-order valence-corrected chi connectivity index (χ0v) is 17.1. The Labute approximate surface area is 170 Å². The molecule has 2 atom stereocenters. The minimum absolute atomic E-state index is 0. The second-order valence-corrected chi connectivity index (χ2v) is 7.50. The Morgan fingerprint density at radius 2 is 2.07 bits per heavy atom. The fourth-order valence-corrected chi connectivity index (χ4v) is 3.43. The van der Waals surface area contributed by atoms with E-state index in [4.69, 9.17) is 14.9 Å². The Morgan fingerprint density at radius 1 is 1.39 bits per heavy atom. The molecule has 1 aromatic carbocycles. The summed E-state index contributed by atoms with van der Waals surface area (Å²) in [4.78, 5) is 17.0. The number of hydrogen-bond donors (Lipinski definition) is 2. The van der Waals surface area contributed by atoms with Crippen molar-refractivity contribution in [1.29, 1.82) is 0 Å². The second-order valence-electron chi connectivity index (χ2n) is 7.50. The van der Waals surface area contributed by atoms with Crippen LogP contribution in [0.4, 0.5) is 4.39 Å². The van der Waals surface area contributed by atoms with Gasteiger partial charge in [0.1, 0.15) is 17.6 Å². The van der Waals surface area contributed by atoms with Gasteiger partial charge in [0.25, 0.3) is 0 Å². The van der Waals surface area contributed by atoms with Crippen molar-refractivity contribution in [2.75, 3.05) is 13.2 Å². The molecule has 3 rings (SSSR count). The smallest absolute Gasteiger partial charge is 0.240 e. The van der Waals surface area contributed by atoms with Crippen molar-refractivity contribution < 1.29 is 18.3 Å². The van der Waals surface area contributed by atoms with E-state index in [9.17, 15) is 9.18 Å². The Bertz CT molecular complexity index is 809. The molecule has 1 heterocycles. The average Bonchev–Trinajstić information content (AvgIpc) is 3.10. The van der Waals surface area contributed by atoms with Gasteiger partial charge in [0.15, 0.2) is 0 Å². The highest BCUT2D eigenvalue weighted by Gasteiger charge is 2.62. The molecule has 6 nitrogen and oxygen atoms in total. The number of nitrogens with zero attached hydrogens (tertiary/aromatic N) is 1. The number of benzene rings is 1. The van der Waals surface area contributed by atoms with Crippen LogP contribution in [-0.4, -0.2) is 35.7 Å². The molecule has 1 aliphatic rings. The number of ether oxygens (including phenoxy) is 1. The van der Waals surface area contributed by atoms with Crippen molar-refractivity contribution in [3.63, 3.8) is 0 Å². The number of carbonyl (C=O) groups excluding carboxylic acids is 1. The van der Waals surface area contributed by atoms with E-state index in [2.05, 4.69) is 10.3 Å². The molecule has 8 heteroatoms. The summed E-state index contributed by atoms with van der Waals surface area (Å²) < 4.78 is 24.1. The van der Waals surface area contributed by atoms with Gasteiger partial charge in [-0.3, -0.25) is 4.79 Å². The van der Waals surface area contributed by atoms with Gasteiger partial charge in [-0.2, -0.15) is 0 Å². The highest BCUT2D eigenvalue weighted by Crippen LogP contribution is 2.49. The molecular formula is C20H27ClFN3O3. The first-order valence-corrected chi connectivity index (χ1v) is 9.17. The lowest BCUT2D eigenvalue weighted by Crippen LogP contribution is -2.75. The number of oxazole rings is 1. The van der Waals surface area contributed by atoms with Gasteiger partial charge >= 0.3 is 0 Å². The molecule has 0 spiro atoms. The first-order chi connectivity index (χ1) is 12.8. The molecule has 0 aliphatic heterocycles. The van der Waals surface area contributed by atoms with E-state index in [0.29, 0.717) is 43.1 Å². The third-order valence-corrected chi connectivity index (χ3v) is 5.54. The SMILES string of the molecule is CCOC1CC(N)(C(=O)NCCc2coc(-c3ccc(F)cc3)n2)C1(C)C.Cl. The van der Waals surface area contributed by atoms with E-state index >= 15 is 0 Å². The summed E-state index contributed by atoms with van der Waals surface area (Å²) in [5.74, 6) is -0.0635. The van der Waals surface area contributed by atoms with Crippen molar-refractivity contribution >= 4 is 18.3 Å². The molecule has 154 valence electrons. The number of nitrogens with two attached hydrogens (primary N) is 1. The van der Waals surface area contributed by atoms with Gasteiger partial charge in [0.2, 0.25) is 11.8 Å². The summed E-state index contributed by atoms with van der Waals surface area (Å²) in [5.41, 5.74) is 6.41. The normalized spacial score (nSPS) is 22.8. The van der Waals surface area contributed by atoms with Crippen LogP contribution in [0.5, 0.6) is 0 Å². The zero-order valence-electron chi connectivity index (χ0n) is 16.3. The number of aromatic nitrogens is 1. The van der Waals surface area contributed by atoms with E-state index < -0.39 is 11.0 Å². The van der Waals surface area contributed by atoms with E-state index in [0.717, 1.165) is 0 Å². The Kier molecular flexibility index (Phi) is 6.85. The van der Waals surface area contributed by atoms with Crippen LogP contribution < -0.4 is 11.1 Å². The Morgan fingerprint density at radius 3 is 2.68 bits per heavy atom. The lowest BCUT2D eigenvalue weighted by molar-refractivity contribution is -0.170. The van der Waals surface area contributed by atoms with Crippen LogP contribution >= 0.6 is 12.4 Å². The second kappa shape index (κ2) is 8.59. The maximum Gasteiger partial charge on any atom is 0.240 e. The molecule has 3 N–H and O–H groups in total. The fourth-order valence-electron chi connectivity index (χ4n) is 3.43. The average molecular weight is 412 g/mol. The molecule has 1 fully saturated rings. The quantitative estimate of drug-likeness (QED) is 0.730. The summed E-state index contributed by atoms with van der Waals surface area (Å²) in [6.07, 6.45) is 2.56. The highest BCUT2D eigenvalue weighted by molar-refractivity contribution is 5.88. The predicted molar refractivity (Wildman–Crippen MR) is 107 cm³/mol. The van der Waals surface area contributed by atoms with Crippen LogP contribution in [-0.2, 0) is 16.0 Å². The number of carbonyl (C=O) groups is 1. The lowest BCUT2D eigenvalue weighted by Gasteiger charge is -2.57. The number of rotatable bonds is 7. The maximum absolute atomic E-state index is 13.0. The minimum Gasteiger partial charge on any atom is -0.444 e. The van der Waals surface area contributed by atoms with Crippen molar-refractivity contribution in [3.05, 3.63) is 42.0 Å². The summed E-state index contributed by atoms with van der Waals surface area (Å²) in [5, 5.41) is 2.90. The monoisotopic (exact) mass is 411 g/mol. The van der Waals surface area contributed by atoms with Crippen molar-refractivity contribution in [2.24, 2.45) is 11.1 Å². The number of amides is 1. The van der Waals surface area contributed by atoms with Gasteiger partial charge in [0.05, 0.1) is 11.8 Å². The zero-order chi connectivity index (χ0) is 19.7. The number of hydrogen-bond acceptors (Lipinski definition) is 5. The van der Waals surface area contributed by atoms with Crippen LogP contribution in [0.1, 0.15) is 32.9 Å². The largest absolute Gasteiger partial charge is 0.444 e. The van der Waals surface area contributed by atoms with E-state index in [-0.39, 0.29) is 30.2 Å². The molecule has 1 aromatic heterocycles. The van der Waals surface area contributed by atoms with Crippen LogP contribution in [0.3, 0.4) is 0 Å². The van der Waals surface area contributed by atoms with Crippen LogP contribution in [0.15, 0.2) is 34.9 Å². The van der Waals surface area contributed by atoms with Crippen molar-refractivity contribution in [3.8, 4) is 11.5 Å². The number of nitrogens with one attached hydrogen (secondary N) is 1. The minimum atomic E-state index is -0.935. The summed E-state index contributed by atoms with van der Waals surface area (Å²) in [7, 11) is 0. The Hall–Kier alpha value is -1.96. The molecule has 1 saturated carbocycles. The molecule has 0 bridgehead atoms. The van der Waals surface area contributed by atoms with Crippen LogP contribution in [0.25, 0.3) is 11.5 Å². The van der Waals surface area contributed by atoms with Crippen LogP contribution in [0, 0.1) is 11.2 Å². The molecular weight excluding hydrogens is 385 g/mol. The molecule has 28 heavy (non-hydrogen) atoms. The molecule has 0 radical (unpaired) electrons. The van der Waals surface area contributed by atoms with Gasteiger partial charge in [-0.25, -0.2) is 9.37 Å². The molecule has 2 unspecified atom stereocenters. The molecule has 1 aliphatic carbocycles. The predicted octanol–water partition coefficient (Wildman–Crippen LogP) is 3.09. The molecule has 0 saturated heterocycles. The van der Waals surface area contributed by atoms with Gasteiger partial charge < -0.3 is 20.2 Å². The van der Waals surface area contributed by atoms with Gasteiger partial charge in [0, 0.05) is 37.0 Å². The van der Waals surface area contributed by atoms with Crippen molar-refractivity contribution in [2.45, 2.75) is 45.3 Å². The van der Waals surface area contributed by atoms with Crippen LogP contribution in [0.2, 0.25) is 0 Å². The van der Waals surface area contributed by atoms with E-state index in [1.807, 2.05) is 20.8 Å². The lowest BCUT2D eigenvalue weighted by atomic mass is 9.54. The summed E-state index contributed by atoms with van der Waals surface area (Å²) >= 11 is 0. The van der Waals surface area contributed by atoms with Gasteiger partial charge in [-0.1, -0.05) is 13.8 Å². The first-order valence-electron chi connectivity index (χ1n) is 9.17. The molecule has 1 amide bonds. The summed E-state index contributed by atoms with van der Waals surface area (Å²) in [6.45, 7) is 6.87. The van der Waals surface area contributed by atoms with Gasteiger partial charge in [-0.15, -0.1) is 12.4 Å². The standard InChI is InChI=1S/C20H26FN3O3.ClH/c1-4-26-16-11-20(22,19(16,2)3)18(25)23-10-9-15-12-27-17(24-15)13-5-7-14(21)8-6-13;/h5-8,12,16H,4,9-11,22H2,1-3H3,(H,23,25);1H. The van der Waals surface area contributed by atoms with E-state index in [1.165, 1.54) is 12.1 Å². The van der Waals surface area contributed by atoms with E-state index in [1.54, 1.807) is 18.4 Å². The van der Waals surface area contributed by atoms with Crippen molar-refractivity contribution in [1.82, 2.24) is 10.3 Å². The summed E-state index contributed by atoms with van der Waals surface area (Å²) in [6, 6.07) is 5.93. The highest BCUT2D eigenvalue weighted by atomic mass is 35.5. The Balaban J connectivity index is 0.00000280. The third-order valence-electron chi connectivity index (χ3n) is 5.54. The molecule has 2 aromatic rings. The topological polar surface area (TPSA) is 90.4 Å². The fraction of sp³-hybridized carbons (Fsp3) is 0.500. The van der Waals surface area contributed by atoms with Gasteiger partial charge in [-0.05, 0) is 31.2 Å². The maximum atomic E-state index is 13.0. The third kappa shape index (κ3) is 4.06.